The maximum absolute atomic E-state index is 12.3. The SMILES string of the molecule is C=C/C=C\C(=C/C)N1C(=O)C(=C/C)/C(=C\C=C)C1=O. The molecule has 0 N–H and O–H groups in total. The summed E-state index contributed by atoms with van der Waals surface area (Å²) in [6.45, 7) is 10.6. The lowest BCUT2D eigenvalue weighted by Crippen LogP contribution is -2.28. The van der Waals surface area contributed by atoms with E-state index in [4.69, 9.17) is 0 Å². The maximum Gasteiger partial charge on any atom is 0.266 e. The fourth-order valence-corrected chi connectivity index (χ4v) is 1.82. The Morgan fingerprint density at radius 1 is 1.05 bits per heavy atom. The van der Waals surface area contributed by atoms with Gasteiger partial charge in [0.25, 0.3) is 11.8 Å². The molecule has 2 amide bonds. The van der Waals surface area contributed by atoms with Crippen LogP contribution in [0.5, 0.6) is 0 Å². The van der Waals surface area contributed by atoms with Crippen LogP contribution in [0.15, 0.2) is 72.5 Å². The number of likely N-dealkylation sites (tertiary alicyclic amines) is 1. The first-order valence-electron chi connectivity index (χ1n) is 5.95. The minimum absolute atomic E-state index is 0.317. The number of rotatable bonds is 4. The highest BCUT2D eigenvalue weighted by Crippen LogP contribution is 2.28. The Labute approximate surface area is 113 Å². The highest BCUT2D eigenvalue weighted by molar-refractivity contribution is 6.25. The van der Waals surface area contributed by atoms with Crippen LogP contribution in [-0.2, 0) is 9.59 Å². The molecule has 1 saturated heterocycles. The van der Waals surface area contributed by atoms with Crippen molar-refractivity contribution in [1.29, 1.82) is 0 Å². The normalized spacial score (nSPS) is 20.9. The molecular formula is C16H17NO2. The molecule has 0 bridgehead atoms. The molecule has 0 spiro atoms. The van der Waals surface area contributed by atoms with Crippen molar-refractivity contribution < 1.29 is 9.59 Å². The van der Waals surface area contributed by atoms with Gasteiger partial charge in [-0.1, -0.05) is 43.5 Å². The zero-order valence-electron chi connectivity index (χ0n) is 11.2. The van der Waals surface area contributed by atoms with Crippen molar-refractivity contribution in [2.75, 3.05) is 0 Å². The van der Waals surface area contributed by atoms with Gasteiger partial charge in [0, 0.05) is 11.3 Å². The molecule has 98 valence electrons. The van der Waals surface area contributed by atoms with Gasteiger partial charge in [0.15, 0.2) is 0 Å². The Morgan fingerprint density at radius 2 is 1.68 bits per heavy atom. The Morgan fingerprint density at radius 3 is 2.16 bits per heavy atom. The van der Waals surface area contributed by atoms with Crippen LogP contribution in [0.25, 0.3) is 0 Å². The van der Waals surface area contributed by atoms with E-state index in [0.29, 0.717) is 16.8 Å². The van der Waals surface area contributed by atoms with Gasteiger partial charge in [-0.05, 0) is 26.0 Å². The second-order valence-electron chi connectivity index (χ2n) is 3.77. The lowest BCUT2D eigenvalue weighted by atomic mass is 10.1. The van der Waals surface area contributed by atoms with Gasteiger partial charge in [-0.15, -0.1) is 0 Å². The summed E-state index contributed by atoms with van der Waals surface area (Å²) in [5, 5.41) is 0. The van der Waals surface area contributed by atoms with E-state index in [1.54, 1.807) is 50.3 Å². The van der Waals surface area contributed by atoms with Gasteiger partial charge in [0.05, 0.1) is 5.57 Å². The van der Waals surface area contributed by atoms with Gasteiger partial charge in [-0.3, -0.25) is 9.59 Å². The van der Waals surface area contributed by atoms with Gasteiger partial charge < -0.3 is 0 Å². The zero-order chi connectivity index (χ0) is 14.4. The molecule has 1 aliphatic rings. The second kappa shape index (κ2) is 6.50. The molecule has 19 heavy (non-hydrogen) atoms. The van der Waals surface area contributed by atoms with E-state index in [1.807, 2.05) is 0 Å². The van der Waals surface area contributed by atoms with Crippen molar-refractivity contribution >= 4 is 11.8 Å². The molecule has 0 aromatic heterocycles. The fraction of sp³-hybridized carbons (Fsp3) is 0.125. The molecule has 1 aliphatic heterocycles. The number of nitrogens with zero attached hydrogens (tertiary/aromatic N) is 1. The van der Waals surface area contributed by atoms with Crippen LogP contribution in [-0.4, -0.2) is 16.7 Å². The lowest BCUT2D eigenvalue weighted by molar-refractivity contribution is -0.133. The molecule has 3 nitrogen and oxygen atoms in total. The standard InChI is InChI=1S/C16H17NO2/c1-5-9-11-12(7-3)17-15(18)13(8-4)14(10-6-2)16(17)19/h5-11H,1-2H2,3-4H3/b11-9-,12-7+,13-8+,14-10+. The molecular weight excluding hydrogens is 238 g/mol. The summed E-state index contributed by atoms with van der Waals surface area (Å²) >= 11 is 0. The first-order chi connectivity index (χ1) is 9.12. The van der Waals surface area contributed by atoms with Gasteiger partial charge in [0.2, 0.25) is 0 Å². The molecule has 1 heterocycles. The third-order valence-corrected chi connectivity index (χ3v) is 2.69. The van der Waals surface area contributed by atoms with E-state index in [2.05, 4.69) is 13.2 Å². The first-order valence-corrected chi connectivity index (χ1v) is 5.95. The predicted molar refractivity (Wildman–Crippen MR) is 77.0 cm³/mol. The van der Waals surface area contributed by atoms with Crippen molar-refractivity contribution in [2.24, 2.45) is 0 Å². The molecule has 0 aromatic rings. The first kappa shape index (κ1) is 14.6. The van der Waals surface area contributed by atoms with Gasteiger partial charge in [-0.2, -0.15) is 0 Å². The van der Waals surface area contributed by atoms with Gasteiger partial charge in [-0.25, -0.2) is 4.90 Å². The zero-order valence-corrected chi connectivity index (χ0v) is 11.2. The molecule has 0 aliphatic carbocycles. The fourth-order valence-electron chi connectivity index (χ4n) is 1.82. The summed E-state index contributed by atoms with van der Waals surface area (Å²) in [7, 11) is 0. The van der Waals surface area contributed by atoms with Crippen molar-refractivity contribution in [3.05, 3.63) is 72.5 Å². The highest BCUT2D eigenvalue weighted by atomic mass is 16.2. The van der Waals surface area contributed by atoms with E-state index in [0.717, 1.165) is 4.90 Å². The van der Waals surface area contributed by atoms with E-state index in [1.165, 1.54) is 6.08 Å². The van der Waals surface area contributed by atoms with Crippen molar-refractivity contribution in [3.8, 4) is 0 Å². The quantitative estimate of drug-likeness (QED) is 0.440. The Kier molecular flexibility index (Phi) is 5.01. The minimum Gasteiger partial charge on any atom is -0.268 e. The monoisotopic (exact) mass is 255 g/mol. The van der Waals surface area contributed by atoms with E-state index >= 15 is 0 Å². The molecule has 3 heteroatoms. The van der Waals surface area contributed by atoms with Crippen LogP contribution in [0.4, 0.5) is 0 Å². The number of carbonyl (C=O) groups is 2. The topological polar surface area (TPSA) is 37.4 Å². The largest absolute Gasteiger partial charge is 0.268 e. The summed E-state index contributed by atoms with van der Waals surface area (Å²) in [6, 6.07) is 0. The predicted octanol–water partition coefficient (Wildman–Crippen LogP) is 3.06. The number of carbonyl (C=O) groups excluding carboxylic acids is 2. The molecule has 0 radical (unpaired) electrons. The minimum atomic E-state index is -0.334. The van der Waals surface area contributed by atoms with E-state index < -0.39 is 0 Å². The number of hydrogen-bond donors (Lipinski definition) is 0. The molecule has 0 saturated carbocycles. The Balaban J connectivity index is 3.31. The van der Waals surface area contributed by atoms with Crippen LogP contribution >= 0.6 is 0 Å². The van der Waals surface area contributed by atoms with Crippen LogP contribution < -0.4 is 0 Å². The summed E-state index contributed by atoms with van der Waals surface area (Å²) in [4.78, 5) is 25.7. The summed E-state index contributed by atoms with van der Waals surface area (Å²) < 4.78 is 0. The van der Waals surface area contributed by atoms with Crippen LogP contribution in [0.2, 0.25) is 0 Å². The summed E-state index contributed by atoms with van der Waals surface area (Å²) in [5.74, 6) is -0.651. The van der Waals surface area contributed by atoms with Crippen molar-refractivity contribution in [3.63, 3.8) is 0 Å². The van der Waals surface area contributed by atoms with Gasteiger partial charge in [0.1, 0.15) is 0 Å². The average molecular weight is 255 g/mol. The average Bonchev–Trinajstić information content (AvgIpc) is 2.64. The molecule has 0 unspecified atom stereocenters. The number of amides is 2. The van der Waals surface area contributed by atoms with Crippen molar-refractivity contribution in [1.82, 2.24) is 4.90 Å². The van der Waals surface area contributed by atoms with Crippen LogP contribution in [0, 0.1) is 0 Å². The third kappa shape index (κ3) is 2.71. The van der Waals surface area contributed by atoms with Crippen LogP contribution in [0.3, 0.4) is 0 Å². The number of hydrogen-bond acceptors (Lipinski definition) is 2. The summed E-state index contributed by atoms with van der Waals surface area (Å²) in [6.07, 6.45) is 11.3. The second-order valence-corrected chi connectivity index (χ2v) is 3.77. The molecule has 0 aromatic carbocycles. The lowest BCUT2D eigenvalue weighted by Gasteiger charge is -2.13. The summed E-state index contributed by atoms with van der Waals surface area (Å²) in [5.41, 5.74) is 1.30. The Hall–Kier alpha value is -2.42. The molecule has 1 rings (SSSR count). The van der Waals surface area contributed by atoms with Gasteiger partial charge >= 0.3 is 0 Å². The maximum atomic E-state index is 12.3. The molecule has 0 atom stereocenters. The van der Waals surface area contributed by atoms with E-state index in [-0.39, 0.29) is 11.8 Å². The van der Waals surface area contributed by atoms with Crippen LogP contribution in [0.1, 0.15) is 13.8 Å². The third-order valence-electron chi connectivity index (χ3n) is 2.69. The smallest absolute Gasteiger partial charge is 0.266 e. The molecule has 1 fully saturated rings. The van der Waals surface area contributed by atoms with Crippen molar-refractivity contribution in [2.45, 2.75) is 13.8 Å². The Bertz CT molecular complexity index is 545. The van der Waals surface area contributed by atoms with E-state index in [9.17, 15) is 9.59 Å². The number of imide groups is 1. The highest BCUT2D eigenvalue weighted by Gasteiger charge is 2.39. The number of allylic oxidation sites excluding steroid dienone is 7.